The summed E-state index contributed by atoms with van der Waals surface area (Å²) in [6.07, 6.45) is 0. The second-order valence-electron chi connectivity index (χ2n) is 3.14. The molecule has 2 nitrogen and oxygen atoms in total. The molecule has 0 aliphatic rings. The molecular formula is C13H15O2SU+. The number of rotatable bonds is 4. The van der Waals surface area contributed by atoms with E-state index in [9.17, 15) is 4.79 Å². The molecule has 1 aromatic rings. The van der Waals surface area contributed by atoms with Crippen LogP contribution < -0.4 is 0 Å². The number of hydrogen-bond donors (Lipinski definition) is 0. The second kappa shape index (κ2) is 8.74. The molecule has 17 heavy (non-hydrogen) atoms. The molecule has 4 heteroatoms. The molecule has 0 unspecified atom stereocenters. The average Bonchev–Trinajstić information content (AvgIpc) is 2.31. The third kappa shape index (κ3) is 4.83. The van der Waals surface area contributed by atoms with Gasteiger partial charge >= 0.3 is 37.1 Å². The Kier molecular flexibility index (Phi) is 8.59. The molecule has 0 atom stereocenters. The Balaban J connectivity index is 0.00000256. The molecule has 0 saturated carbocycles. The fraction of sp³-hybridized carbons (Fsp3) is 0.231. The fourth-order valence-corrected chi connectivity index (χ4v) is 1.84. The van der Waals surface area contributed by atoms with Gasteiger partial charge in [0.05, 0.1) is 7.11 Å². The predicted molar refractivity (Wildman–Crippen MR) is 69.0 cm³/mol. The molecule has 0 spiro atoms. The molecule has 0 aliphatic carbocycles. The van der Waals surface area contributed by atoms with Gasteiger partial charge in [0.25, 0.3) is 0 Å². The number of benzene rings is 1. The van der Waals surface area contributed by atoms with E-state index < -0.39 is 0 Å². The van der Waals surface area contributed by atoms with Crippen LogP contribution in [-0.2, 0) is 9.53 Å². The first-order chi connectivity index (χ1) is 7.70. The molecule has 0 heterocycles. The van der Waals surface area contributed by atoms with Crippen LogP contribution in [0.15, 0.2) is 29.7 Å². The molecule has 0 fully saturated rings. The quantitative estimate of drug-likeness (QED) is 0.382. The van der Waals surface area contributed by atoms with Crippen molar-refractivity contribution in [1.82, 2.24) is 0 Å². The Hall–Kier alpha value is -0.298. The smallest absolute Gasteiger partial charge is 0.466 e. The minimum absolute atomic E-state index is 0. The SMILES string of the molecule is [CH2-]c1ccccc1/C(=C/SCC)C(=O)OC.[U+2]. The van der Waals surface area contributed by atoms with Crippen molar-refractivity contribution in [3.8, 4) is 0 Å². The van der Waals surface area contributed by atoms with Crippen LogP contribution in [0.4, 0.5) is 0 Å². The Morgan fingerprint density at radius 2 is 2.12 bits per heavy atom. The van der Waals surface area contributed by atoms with E-state index in [0.29, 0.717) is 5.57 Å². The molecule has 1 rings (SSSR count). The first-order valence-corrected chi connectivity index (χ1v) is 6.07. The normalized spacial score (nSPS) is 10.6. The van der Waals surface area contributed by atoms with Crippen LogP contribution in [0, 0.1) is 38.0 Å². The zero-order valence-electron chi connectivity index (χ0n) is 10.0. The summed E-state index contributed by atoms with van der Waals surface area (Å²) >= 11 is 1.57. The summed E-state index contributed by atoms with van der Waals surface area (Å²) in [7, 11) is 1.39. The number of hydrogen-bond acceptors (Lipinski definition) is 3. The molecule has 1 aromatic carbocycles. The van der Waals surface area contributed by atoms with Crippen molar-refractivity contribution < 1.29 is 40.6 Å². The number of ether oxygens (including phenoxy) is 1. The number of carbonyl (C=O) groups excluding carboxylic acids is 1. The van der Waals surface area contributed by atoms with Crippen LogP contribution in [0.5, 0.6) is 0 Å². The number of esters is 1. The maximum absolute atomic E-state index is 11.6. The Labute approximate surface area is 131 Å². The van der Waals surface area contributed by atoms with Crippen LogP contribution in [0.1, 0.15) is 18.1 Å². The Morgan fingerprint density at radius 3 is 2.65 bits per heavy atom. The number of carbonyl (C=O) groups is 1. The van der Waals surface area contributed by atoms with Crippen molar-refractivity contribution >= 4 is 23.3 Å². The van der Waals surface area contributed by atoms with Gasteiger partial charge in [-0.15, -0.1) is 29.5 Å². The van der Waals surface area contributed by atoms with Crippen molar-refractivity contribution in [2.45, 2.75) is 6.92 Å². The molecule has 0 saturated heterocycles. The van der Waals surface area contributed by atoms with E-state index in [0.717, 1.165) is 16.9 Å². The average molecular weight is 473 g/mol. The van der Waals surface area contributed by atoms with Gasteiger partial charge < -0.3 is 4.74 Å². The van der Waals surface area contributed by atoms with Gasteiger partial charge in [0.2, 0.25) is 0 Å². The van der Waals surface area contributed by atoms with Gasteiger partial charge in [-0.25, -0.2) is 4.79 Å². The van der Waals surface area contributed by atoms with E-state index in [-0.39, 0.29) is 37.1 Å². The van der Waals surface area contributed by atoms with Gasteiger partial charge in [0.15, 0.2) is 0 Å². The maximum atomic E-state index is 11.6. The summed E-state index contributed by atoms with van der Waals surface area (Å²) in [5, 5.41) is 1.83. The second-order valence-corrected chi connectivity index (χ2v) is 4.28. The zero-order chi connectivity index (χ0) is 12.0. The maximum Gasteiger partial charge on any atom is 2.00 e. The Bertz CT molecular complexity index is 402. The minimum atomic E-state index is -0.322. The monoisotopic (exact) mass is 473 g/mol. The van der Waals surface area contributed by atoms with Gasteiger partial charge in [-0.2, -0.15) is 18.6 Å². The van der Waals surface area contributed by atoms with E-state index >= 15 is 0 Å². The zero-order valence-corrected chi connectivity index (χ0v) is 15.0. The summed E-state index contributed by atoms with van der Waals surface area (Å²) in [4.78, 5) is 11.6. The van der Waals surface area contributed by atoms with Crippen LogP contribution in [0.2, 0.25) is 0 Å². The summed E-state index contributed by atoms with van der Waals surface area (Å²) in [6, 6.07) is 7.54. The molecule has 0 aromatic heterocycles. The molecule has 0 N–H and O–H groups in total. The molecular weight excluding hydrogens is 458 g/mol. The molecule has 0 amide bonds. The van der Waals surface area contributed by atoms with Crippen molar-refractivity contribution in [1.29, 1.82) is 0 Å². The van der Waals surface area contributed by atoms with Gasteiger partial charge in [-0.05, 0) is 11.2 Å². The van der Waals surface area contributed by atoms with E-state index in [1.165, 1.54) is 7.11 Å². The number of methoxy groups -OCH3 is 1. The fourth-order valence-electron chi connectivity index (χ4n) is 1.28. The largest absolute Gasteiger partial charge is 2.00 e. The molecule has 0 aliphatic heterocycles. The van der Waals surface area contributed by atoms with Crippen molar-refractivity contribution in [2.75, 3.05) is 12.9 Å². The van der Waals surface area contributed by atoms with Gasteiger partial charge in [0.1, 0.15) is 0 Å². The van der Waals surface area contributed by atoms with E-state index in [1.807, 2.05) is 36.6 Å². The third-order valence-electron chi connectivity index (χ3n) is 2.08. The van der Waals surface area contributed by atoms with Crippen LogP contribution in [-0.4, -0.2) is 18.8 Å². The summed E-state index contributed by atoms with van der Waals surface area (Å²) in [5.74, 6) is 0.594. The van der Waals surface area contributed by atoms with Crippen molar-refractivity contribution in [3.63, 3.8) is 0 Å². The first-order valence-electron chi connectivity index (χ1n) is 5.02. The van der Waals surface area contributed by atoms with E-state index in [4.69, 9.17) is 4.74 Å². The van der Waals surface area contributed by atoms with Gasteiger partial charge in [0, 0.05) is 5.57 Å². The summed E-state index contributed by atoms with van der Waals surface area (Å²) in [5.41, 5.74) is 2.23. The van der Waals surface area contributed by atoms with E-state index in [2.05, 4.69) is 6.92 Å². The van der Waals surface area contributed by atoms with Crippen molar-refractivity contribution in [3.05, 3.63) is 47.7 Å². The minimum Gasteiger partial charge on any atom is -0.466 e. The summed E-state index contributed by atoms with van der Waals surface area (Å²) in [6.45, 7) is 5.94. The molecule has 0 bridgehead atoms. The van der Waals surface area contributed by atoms with Crippen LogP contribution in [0.3, 0.4) is 0 Å². The van der Waals surface area contributed by atoms with E-state index in [1.54, 1.807) is 11.8 Å². The Morgan fingerprint density at radius 1 is 1.47 bits per heavy atom. The van der Waals surface area contributed by atoms with Crippen LogP contribution in [0.25, 0.3) is 5.57 Å². The summed E-state index contributed by atoms with van der Waals surface area (Å²) < 4.78 is 4.77. The predicted octanol–water partition coefficient (Wildman–Crippen LogP) is 3.14. The first kappa shape index (κ1) is 16.7. The molecule has 0 radical (unpaired) electrons. The van der Waals surface area contributed by atoms with Gasteiger partial charge in [-0.1, -0.05) is 13.0 Å². The molecule has 88 valence electrons. The van der Waals surface area contributed by atoms with Crippen molar-refractivity contribution in [2.24, 2.45) is 0 Å². The standard InChI is InChI=1S/C13H15O2S.U/c1-4-16-9-12(13(14)15-3)11-8-6-5-7-10(11)2;/h5-9H,2,4H2,1,3H3;/q-1;+2/b12-9-;. The van der Waals surface area contributed by atoms with Gasteiger partial charge in [-0.3, -0.25) is 0 Å². The number of thioether (sulfide) groups is 1. The topological polar surface area (TPSA) is 26.3 Å². The van der Waals surface area contributed by atoms with Crippen LogP contribution >= 0.6 is 11.8 Å². The third-order valence-corrected chi connectivity index (χ3v) is 2.82.